The molecule has 2 aliphatic heterocycles. The first-order valence-corrected chi connectivity index (χ1v) is 10.2. The van der Waals surface area contributed by atoms with E-state index in [0.29, 0.717) is 6.54 Å². The third kappa shape index (κ3) is 3.20. The fraction of sp³-hybridized carbons (Fsp3) is 0.300. The van der Waals surface area contributed by atoms with Crippen LogP contribution in [0.5, 0.6) is 11.5 Å². The first-order valence-electron chi connectivity index (χ1n) is 9.30. The quantitative estimate of drug-likeness (QED) is 0.736. The average molecular weight is 396 g/mol. The zero-order valence-electron chi connectivity index (χ0n) is 15.3. The Bertz CT molecular complexity index is 985. The number of fused-ring (bicyclic) bond motifs is 1. The van der Waals surface area contributed by atoms with Crippen LogP contribution in [0.1, 0.15) is 16.8 Å². The Labute approximate surface area is 166 Å². The number of amides is 1. The molecule has 28 heavy (non-hydrogen) atoms. The number of nitrogens with one attached hydrogen (secondary N) is 1. The maximum absolute atomic E-state index is 12.6. The highest BCUT2D eigenvalue weighted by molar-refractivity contribution is 7.08. The summed E-state index contributed by atoms with van der Waals surface area (Å²) in [6, 6.07) is 9.81. The molecule has 5 rings (SSSR count). The smallest absolute Gasteiger partial charge is 0.254 e. The molecule has 7 nitrogen and oxygen atoms in total. The molecule has 1 saturated heterocycles. The van der Waals surface area contributed by atoms with Gasteiger partial charge in [-0.2, -0.15) is 16.4 Å². The fourth-order valence-electron chi connectivity index (χ4n) is 3.60. The minimum atomic E-state index is 0.117. The summed E-state index contributed by atoms with van der Waals surface area (Å²) >= 11 is 1.55. The van der Waals surface area contributed by atoms with Crippen molar-refractivity contribution < 1.29 is 14.3 Å². The van der Waals surface area contributed by atoms with E-state index < -0.39 is 0 Å². The van der Waals surface area contributed by atoms with Crippen molar-refractivity contribution in [1.82, 2.24) is 15.1 Å². The summed E-state index contributed by atoms with van der Waals surface area (Å²) < 4.78 is 10.8. The Morgan fingerprint density at radius 1 is 1.07 bits per heavy atom. The summed E-state index contributed by atoms with van der Waals surface area (Å²) in [5.41, 5.74) is 2.72. The summed E-state index contributed by atoms with van der Waals surface area (Å²) in [5, 5.41) is 11.5. The van der Waals surface area contributed by atoms with E-state index in [1.54, 1.807) is 11.3 Å². The predicted molar refractivity (Wildman–Crippen MR) is 107 cm³/mol. The monoisotopic (exact) mass is 396 g/mol. The molecular weight excluding hydrogens is 376 g/mol. The van der Waals surface area contributed by atoms with Crippen LogP contribution in [0.3, 0.4) is 0 Å². The Hall–Kier alpha value is -3.00. The van der Waals surface area contributed by atoms with Crippen LogP contribution in [0.25, 0.3) is 11.3 Å². The lowest BCUT2D eigenvalue weighted by Crippen LogP contribution is -2.35. The van der Waals surface area contributed by atoms with Crippen molar-refractivity contribution in [3.63, 3.8) is 0 Å². The standard InChI is InChI=1S/C20H20N4O3S/c25-20(15-4-9-28-12-15)24-6-1-5-23(7-8-24)19-11-16(21-22-19)14-2-3-17-18(10-14)27-13-26-17/h2-4,9-12H,1,5-8,13H2,(H,21,22). The summed E-state index contributed by atoms with van der Waals surface area (Å²) in [6.45, 7) is 3.37. The van der Waals surface area contributed by atoms with E-state index in [1.165, 1.54) is 0 Å². The van der Waals surface area contributed by atoms with Crippen molar-refractivity contribution in [2.45, 2.75) is 6.42 Å². The molecular formula is C20H20N4O3S. The Kier molecular flexibility index (Phi) is 4.40. The Balaban J connectivity index is 1.29. The van der Waals surface area contributed by atoms with Crippen molar-refractivity contribution in [2.24, 2.45) is 0 Å². The normalized spacial score (nSPS) is 16.3. The highest BCUT2D eigenvalue weighted by Crippen LogP contribution is 2.36. The van der Waals surface area contributed by atoms with E-state index in [9.17, 15) is 4.79 Å². The van der Waals surface area contributed by atoms with Crippen molar-refractivity contribution in [3.8, 4) is 22.8 Å². The number of aromatic amines is 1. The lowest BCUT2D eigenvalue weighted by atomic mass is 10.1. The van der Waals surface area contributed by atoms with Crippen LogP contribution in [0.2, 0.25) is 0 Å². The van der Waals surface area contributed by atoms with Gasteiger partial charge in [0.2, 0.25) is 6.79 Å². The van der Waals surface area contributed by atoms with Crippen LogP contribution in [-0.4, -0.2) is 54.0 Å². The average Bonchev–Trinajstić information content (AvgIpc) is 3.46. The number of nitrogens with zero attached hydrogens (tertiary/aromatic N) is 3. The fourth-order valence-corrected chi connectivity index (χ4v) is 4.23. The molecule has 2 aliphatic rings. The molecule has 0 bridgehead atoms. The maximum atomic E-state index is 12.6. The topological polar surface area (TPSA) is 70.7 Å². The minimum absolute atomic E-state index is 0.117. The molecule has 0 atom stereocenters. The van der Waals surface area contributed by atoms with Gasteiger partial charge in [0.25, 0.3) is 5.91 Å². The highest BCUT2D eigenvalue weighted by Gasteiger charge is 2.22. The molecule has 1 amide bonds. The van der Waals surface area contributed by atoms with E-state index in [0.717, 1.165) is 60.2 Å². The molecule has 2 aromatic heterocycles. The minimum Gasteiger partial charge on any atom is -0.454 e. The number of ether oxygens (including phenoxy) is 2. The molecule has 0 unspecified atom stereocenters. The van der Waals surface area contributed by atoms with Gasteiger partial charge in [-0.15, -0.1) is 0 Å². The molecule has 1 fully saturated rings. The second kappa shape index (κ2) is 7.20. The van der Waals surface area contributed by atoms with E-state index in [1.807, 2.05) is 46.0 Å². The van der Waals surface area contributed by atoms with Gasteiger partial charge < -0.3 is 19.3 Å². The highest BCUT2D eigenvalue weighted by atomic mass is 32.1. The number of carbonyl (C=O) groups is 1. The van der Waals surface area contributed by atoms with Gasteiger partial charge in [-0.05, 0) is 36.1 Å². The molecule has 1 N–H and O–H groups in total. The number of hydrogen-bond acceptors (Lipinski definition) is 6. The molecule has 0 spiro atoms. The lowest BCUT2D eigenvalue weighted by molar-refractivity contribution is 0.0767. The van der Waals surface area contributed by atoms with Crippen molar-refractivity contribution in [3.05, 3.63) is 46.7 Å². The van der Waals surface area contributed by atoms with Gasteiger partial charge in [0, 0.05) is 43.2 Å². The summed E-state index contributed by atoms with van der Waals surface area (Å²) in [5.74, 6) is 2.54. The summed E-state index contributed by atoms with van der Waals surface area (Å²) in [6.07, 6.45) is 0.919. The first-order chi connectivity index (χ1) is 13.8. The first kappa shape index (κ1) is 17.1. The van der Waals surface area contributed by atoms with E-state index in [2.05, 4.69) is 15.1 Å². The number of thiophene rings is 1. The number of carbonyl (C=O) groups excluding carboxylic acids is 1. The van der Waals surface area contributed by atoms with Crippen molar-refractivity contribution >= 4 is 23.1 Å². The number of anilines is 1. The number of H-pyrrole nitrogens is 1. The molecule has 0 saturated carbocycles. The van der Waals surface area contributed by atoms with Crippen LogP contribution < -0.4 is 14.4 Å². The maximum Gasteiger partial charge on any atom is 0.254 e. The second-order valence-corrected chi connectivity index (χ2v) is 7.63. The van der Waals surface area contributed by atoms with Gasteiger partial charge in [0.15, 0.2) is 17.3 Å². The number of hydrogen-bond donors (Lipinski definition) is 1. The van der Waals surface area contributed by atoms with Crippen LogP contribution in [0, 0.1) is 0 Å². The SMILES string of the molecule is O=C(c1ccsc1)N1CCCN(c2cc(-c3ccc4c(c3)OCO4)[nH]n2)CC1. The predicted octanol–water partition coefficient (Wildman–Crippen LogP) is 3.22. The molecule has 4 heterocycles. The van der Waals surface area contributed by atoms with Gasteiger partial charge in [0.1, 0.15) is 0 Å². The summed E-state index contributed by atoms with van der Waals surface area (Å²) in [7, 11) is 0. The van der Waals surface area contributed by atoms with Gasteiger partial charge in [-0.25, -0.2) is 0 Å². The van der Waals surface area contributed by atoms with Gasteiger partial charge in [-0.1, -0.05) is 0 Å². The summed E-state index contributed by atoms with van der Waals surface area (Å²) in [4.78, 5) is 16.8. The molecule has 1 aromatic carbocycles. The number of benzene rings is 1. The van der Waals surface area contributed by atoms with Crippen LogP contribution in [0.15, 0.2) is 41.1 Å². The third-order valence-electron chi connectivity index (χ3n) is 5.12. The van der Waals surface area contributed by atoms with Crippen LogP contribution in [-0.2, 0) is 0 Å². The van der Waals surface area contributed by atoms with Gasteiger partial charge in [-0.3, -0.25) is 9.89 Å². The zero-order chi connectivity index (χ0) is 18.9. The molecule has 0 aliphatic carbocycles. The largest absolute Gasteiger partial charge is 0.454 e. The van der Waals surface area contributed by atoms with Crippen LogP contribution in [0.4, 0.5) is 5.82 Å². The number of rotatable bonds is 3. The number of aromatic nitrogens is 2. The molecule has 144 valence electrons. The van der Waals surface area contributed by atoms with Gasteiger partial charge >= 0.3 is 0 Å². The molecule has 3 aromatic rings. The zero-order valence-corrected chi connectivity index (χ0v) is 16.1. The van der Waals surface area contributed by atoms with Crippen LogP contribution >= 0.6 is 11.3 Å². The Morgan fingerprint density at radius 3 is 2.89 bits per heavy atom. The third-order valence-corrected chi connectivity index (χ3v) is 5.81. The van der Waals surface area contributed by atoms with Crippen molar-refractivity contribution in [1.29, 1.82) is 0 Å². The molecule has 8 heteroatoms. The van der Waals surface area contributed by atoms with E-state index in [-0.39, 0.29) is 12.7 Å². The van der Waals surface area contributed by atoms with E-state index >= 15 is 0 Å². The van der Waals surface area contributed by atoms with Crippen molar-refractivity contribution in [2.75, 3.05) is 37.9 Å². The Morgan fingerprint density at radius 2 is 2.00 bits per heavy atom. The lowest BCUT2D eigenvalue weighted by Gasteiger charge is -2.21. The second-order valence-electron chi connectivity index (χ2n) is 6.85. The van der Waals surface area contributed by atoms with Gasteiger partial charge in [0.05, 0.1) is 11.3 Å². The van der Waals surface area contributed by atoms with E-state index in [4.69, 9.17) is 9.47 Å². The molecule has 0 radical (unpaired) electrons.